The fourth-order valence-corrected chi connectivity index (χ4v) is 2.81. The Kier molecular flexibility index (Phi) is 7.10. The van der Waals surface area contributed by atoms with Gasteiger partial charge in [0, 0.05) is 18.1 Å². The van der Waals surface area contributed by atoms with Crippen molar-refractivity contribution in [3.05, 3.63) is 35.9 Å². The molecular weight excluding hydrogens is 258 g/mol. The standard InChI is InChI=1S/C15H25NO2S/c1-3-11-16-15(10-7-12-19(2,17)18)13-14-8-5-4-6-9-14/h4-6,8-9,15-16H,3,7,10-13H2,1-2H3. The van der Waals surface area contributed by atoms with Gasteiger partial charge in [-0.2, -0.15) is 0 Å². The molecule has 0 heterocycles. The van der Waals surface area contributed by atoms with E-state index in [1.54, 1.807) is 0 Å². The van der Waals surface area contributed by atoms with Crippen molar-refractivity contribution in [3.63, 3.8) is 0 Å². The van der Waals surface area contributed by atoms with E-state index in [1.807, 2.05) is 18.2 Å². The third-order valence-electron chi connectivity index (χ3n) is 3.08. The Hall–Kier alpha value is -0.870. The summed E-state index contributed by atoms with van der Waals surface area (Å²) in [4.78, 5) is 0. The highest BCUT2D eigenvalue weighted by Gasteiger charge is 2.10. The first-order valence-corrected chi connectivity index (χ1v) is 9.02. The molecule has 19 heavy (non-hydrogen) atoms. The summed E-state index contributed by atoms with van der Waals surface area (Å²) in [5.41, 5.74) is 1.30. The van der Waals surface area contributed by atoms with E-state index in [4.69, 9.17) is 0 Å². The maximum Gasteiger partial charge on any atom is 0.147 e. The van der Waals surface area contributed by atoms with Crippen LogP contribution in [0.4, 0.5) is 0 Å². The zero-order valence-corrected chi connectivity index (χ0v) is 12.7. The van der Waals surface area contributed by atoms with Crippen LogP contribution in [-0.2, 0) is 16.3 Å². The van der Waals surface area contributed by atoms with Crippen LogP contribution >= 0.6 is 0 Å². The van der Waals surface area contributed by atoms with Crippen molar-refractivity contribution in [1.82, 2.24) is 5.32 Å². The van der Waals surface area contributed by atoms with Gasteiger partial charge in [-0.15, -0.1) is 0 Å². The molecule has 0 aliphatic rings. The van der Waals surface area contributed by atoms with Gasteiger partial charge < -0.3 is 5.32 Å². The van der Waals surface area contributed by atoms with Crippen LogP contribution in [-0.4, -0.2) is 33.0 Å². The largest absolute Gasteiger partial charge is 0.314 e. The van der Waals surface area contributed by atoms with E-state index >= 15 is 0 Å². The Labute approximate surface area is 117 Å². The molecule has 1 aromatic rings. The monoisotopic (exact) mass is 283 g/mol. The molecule has 108 valence electrons. The van der Waals surface area contributed by atoms with Crippen molar-refractivity contribution < 1.29 is 8.42 Å². The lowest BCUT2D eigenvalue weighted by Gasteiger charge is -2.18. The molecule has 3 nitrogen and oxygen atoms in total. The number of hydrogen-bond donors (Lipinski definition) is 1. The van der Waals surface area contributed by atoms with Gasteiger partial charge in [-0.05, 0) is 37.8 Å². The molecule has 0 saturated heterocycles. The van der Waals surface area contributed by atoms with Crippen LogP contribution in [0.2, 0.25) is 0 Å². The number of hydrogen-bond acceptors (Lipinski definition) is 3. The number of nitrogens with one attached hydrogen (secondary N) is 1. The van der Waals surface area contributed by atoms with E-state index < -0.39 is 9.84 Å². The predicted octanol–water partition coefficient (Wildman–Crippen LogP) is 2.42. The molecule has 0 spiro atoms. The Bertz CT molecular complexity index is 442. The van der Waals surface area contributed by atoms with Gasteiger partial charge in [0.2, 0.25) is 0 Å². The smallest absolute Gasteiger partial charge is 0.147 e. The van der Waals surface area contributed by atoms with E-state index in [9.17, 15) is 8.42 Å². The van der Waals surface area contributed by atoms with E-state index in [1.165, 1.54) is 11.8 Å². The second-order valence-electron chi connectivity index (χ2n) is 5.11. The SMILES string of the molecule is CCCNC(CCCS(C)(=O)=O)Cc1ccccc1. The normalized spacial score (nSPS) is 13.4. The molecular formula is C15H25NO2S. The van der Waals surface area contributed by atoms with Crippen LogP contribution in [0, 0.1) is 0 Å². The van der Waals surface area contributed by atoms with Crippen molar-refractivity contribution >= 4 is 9.84 Å². The summed E-state index contributed by atoms with van der Waals surface area (Å²) >= 11 is 0. The van der Waals surface area contributed by atoms with E-state index in [2.05, 4.69) is 24.4 Å². The number of rotatable bonds is 9. The van der Waals surface area contributed by atoms with Gasteiger partial charge in [0.25, 0.3) is 0 Å². The Balaban J connectivity index is 2.47. The molecule has 1 unspecified atom stereocenters. The van der Waals surface area contributed by atoms with Gasteiger partial charge in [-0.3, -0.25) is 0 Å². The first-order valence-electron chi connectivity index (χ1n) is 6.96. The van der Waals surface area contributed by atoms with Crippen molar-refractivity contribution in [2.45, 2.75) is 38.6 Å². The van der Waals surface area contributed by atoms with Gasteiger partial charge in [-0.25, -0.2) is 8.42 Å². The van der Waals surface area contributed by atoms with Crippen LogP contribution in [0.25, 0.3) is 0 Å². The van der Waals surface area contributed by atoms with Crippen molar-refractivity contribution in [2.75, 3.05) is 18.6 Å². The Morgan fingerprint density at radius 1 is 1.21 bits per heavy atom. The molecule has 1 N–H and O–H groups in total. The average Bonchev–Trinajstić information content (AvgIpc) is 2.35. The third kappa shape index (κ3) is 8.01. The first-order chi connectivity index (χ1) is 9.01. The van der Waals surface area contributed by atoms with E-state index in [0.29, 0.717) is 6.04 Å². The topological polar surface area (TPSA) is 46.2 Å². The van der Waals surface area contributed by atoms with Crippen LogP contribution in [0.1, 0.15) is 31.7 Å². The maximum absolute atomic E-state index is 11.2. The second kappa shape index (κ2) is 8.33. The quantitative estimate of drug-likeness (QED) is 0.757. The van der Waals surface area contributed by atoms with Crippen molar-refractivity contribution in [1.29, 1.82) is 0 Å². The zero-order chi connectivity index (χ0) is 14.1. The summed E-state index contributed by atoms with van der Waals surface area (Å²) in [5.74, 6) is 0.284. The highest BCUT2D eigenvalue weighted by Crippen LogP contribution is 2.08. The Morgan fingerprint density at radius 2 is 1.89 bits per heavy atom. The summed E-state index contributed by atoms with van der Waals surface area (Å²) in [6.07, 6.45) is 5.00. The fourth-order valence-electron chi connectivity index (χ4n) is 2.12. The lowest BCUT2D eigenvalue weighted by molar-refractivity contribution is 0.472. The third-order valence-corrected chi connectivity index (χ3v) is 4.11. The minimum absolute atomic E-state index is 0.284. The molecule has 0 amide bonds. The molecule has 4 heteroatoms. The summed E-state index contributed by atoms with van der Waals surface area (Å²) in [6.45, 7) is 3.12. The summed E-state index contributed by atoms with van der Waals surface area (Å²) in [6, 6.07) is 10.7. The summed E-state index contributed by atoms with van der Waals surface area (Å²) < 4.78 is 22.3. The first kappa shape index (κ1) is 16.2. The predicted molar refractivity (Wildman–Crippen MR) is 81.2 cm³/mol. The molecule has 1 rings (SSSR count). The van der Waals surface area contributed by atoms with Crippen molar-refractivity contribution in [3.8, 4) is 0 Å². The molecule has 0 saturated carbocycles. The molecule has 1 aromatic carbocycles. The second-order valence-corrected chi connectivity index (χ2v) is 7.37. The lowest BCUT2D eigenvalue weighted by Crippen LogP contribution is -2.32. The van der Waals surface area contributed by atoms with Crippen LogP contribution in [0.5, 0.6) is 0 Å². The van der Waals surface area contributed by atoms with Gasteiger partial charge in [0.1, 0.15) is 9.84 Å². The molecule has 0 fully saturated rings. The molecule has 0 bridgehead atoms. The van der Waals surface area contributed by atoms with Crippen molar-refractivity contribution in [2.24, 2.45) is 0 Å². The molecule has 0 aliphatic carbocycles. The maximum atomic E-state index is 11.2. The van der Waals surface area contributed by atoms with Crippen LogP contribution in [0.3, 0.4) is 0 Å². The minimum atomic E-state index is -2.84. The fraction of sp³-hybridized carbons (Fsp3) is 0.600. The highest BCUT2D eigenvalue weighted by atomic mass is 32.2. The van der Waals surface area contributed by atoms with Crippen LogP contribution in [0.15, 0.2) is 30.3 Å². The summed E-state index contributed by atoms with van der Waals surface area (Å²) in [7, 11) is -2.84. The molecule has 0 radical (unpaired) electrons. The van der Waals surface area contributed by atoms with E-state index in [-0.39, 0.29) is 5.75 Å². The van der Waals surface area contributed by atoms with Gasteiger partial charge in [0.05, 0.1) is 0 Å². The van der Waals surface area contributed by atoms with Crippen LogP contribution < -0.4 is 5.32 Å². The highest BCUT2D eigenvalue weighted by molar-refractivity contribution is 7.90. The Morgan fingerprint density at radius 3 is 2.47 bits per heavy atom. The van der Waals surface area contributed by atoms with Gasteiger partial charge in [-0.1, -0.05) is 37.3 Å². The number of sulfone groups is 1. The zero-order valence-electron chi connectivity index (χ0n) is 11.9. The van der Waals surface area contributed by atoms with E-state index in [0.717, 1.165) is 32.2 Å². The minimum Gasteiger partial charge on any atom is -0.314 e. The lowest BCUT2D eigenvalue weighted by atomic mass is 10.0. The summed E-state index contributed by atoms with van der Waals surface area (Å²) in [5, 5.41) is 3.51. The van der Waals surface area contributed by atoms with Gasteiger partial charge in [0.15, 0.2) is 0 Å². The molecule has 1 atom stereocenters. The molecule has 0 aliphatic heterocycles. The number of benzene rings is 1. The van der Waals surface area contributed by atoms with Gasteiger partial charge >= 0.3 is 0 Å². The molecule has 0 aromatic heterocycles. The average molecular weight is 283 g/mol.